The molecule has 7 rings (SSSR count). The minimum atomic E-state index is -0.148. The smallest absolute Gasteiger partial charge is 0.302 e. The fraction of sp³-hybridized carbons (Fsp3) is 0.750. The van der Waals surface area contributed by atoms with Crippen molar-refractivity contribution in [2.24, 2.45) is 34.5 Å². The Bertz CT molecular complexity index is 1190. The standard InChI is InChI=1S/C32H45N3O3/c1-21(36)38-30-29(35-20-33-27-6-4-5-7-28(27)35)19-26-24-9-8-22-18-23(34-14-16-37-17-15-34)10-12-31(22,2)25(24)11-13-32(26,30)3/h4-7,20,22-26,29-30H,8-19H2,1-3H3/t22-,23-,24+,25-,26-,29-,30-,31-,32-/m0/s1. The Morgan fingerprint density at radius 2 is 1.79 bits per heavy atom. The van der Waals surface area contributed by atoms with Crippen LogP contribution in [0, 0.1) is 34.5 Å². The van der Waals surface area contributed by atoms with Gasteiger partial charge in [0.1, 0.15) is 6.10 Å². The van der Waals surface area contributed by atoms with Gasteiger partial charge >= 0.3 is 5.97 Å². The fourth-order valence-corrected chi connectivity index (χ4v) is 10.4. The molecular weight excluding hydrogens is 474 g/mol. The van der Waals surface area contributed by atoms with E-state index in [9.17, 15) is 4.79 Å². The molecule has 1 aromatic heterocycles. The van der Waals surface area contributed by atoms with Crippen molar-refractivity contribution in [2.75, 3.05) is 26.3 Å². The van der Waals surface area contributed by atoms with Crippen LogP contribution < -0.4 is 0 Å². The molecule has 0 bridgehead atoms. The lowest BCUT2D eigenvalue weighted by molar-refractivity contribution is -0.164. The maximum atomic E-state index is 12.4. The van der Waals surface area contributed by atoms with E-state index in [0.29, 0.717) is 11.3 Å². The molecule has 4 saturated carbocycles. The number of benzene rings is 1. The average molecular weight is 520 g/mol. The third-order valence-electron chi connectivity index (χ3n) is 12.3. The van der Waals surface area contributed by atoms with E-state index in [1.165, 1.54) is 38.5 Å². The summed E-state index contributed by atoms with van der Waals surface area (Å²) in [6, 6.07) is 9.30. The predicted molar refractivity (Wildman–Crippen MR) is 148 cm³/mol. The molecule has 0 unspecified atom stereocenters. The SMILES string of the molecule is CC(=O)O[C@H]1[C@@H](n2cnc3ccccc32)C[C@H]2[C@@H]3CC[C@H]4C[C@@H](N5CCOCC5)CC[C@]4(C)[C@H]3CC[C@@]21C. The third kappa shape index (κ3) is 3.80. The number of aromatic nitrogens is 2. The molecule has 2 heterocycles. The molecule has 0 N–H and O–H groups in total. The molecular formula is C32H45N3O3. The summed E-state index contributed by atoms with van der Waals surface area (Å²) in [6.45, 7) is 10.7. The van der Waals surface area contributed by atoms with Crippen molar-refractivity contribution in [1.82, 2.24) is 14.5 Å². The Morgan fingerprint density at radius 1 is 1.00 bits per heavy atom. The number of morpholine rings is 1. The Labute approximate surface area is 227 Å². The first kappa shape index (κ1) is 25.1. The zero-order valence-corrected chi connectivity index (χ0v) is 23.5. The molecule has 1 aliphatic heterocycles. The van der Waals surface area contributed by atoms with Gasteiger partial charge in [-0.1, -0.05) is 26.0 Å². The number of imidazole rings is 1. The van der Waals surface area contributed by atoms with Gasteiger partial charge in [0, 0.05) is 31.5 Å². The Hall–Kier alpha value is -1.92. The number of para-hydroxylation sites is 2. The molecule has 5 aliphatic rings. The van der Waals surface area contributed by atoms with Gasteiger partial charge in [-0.2, -0.15) is 0 Å². The first-order valence-electron chi connectivity index (χ1n) is 15.3. The predicted octanol–water partition coefficient (Wildman–Crippen LogP) is 5.86. The van der Waals surface area contributed by atoms with Crippen LogP contribution in [0.5, 0.6) is 0 Å². The van der Waals surface area contributed by atoms with Crippen LogP contribution >= 0.6 is 0 Å². The van der Waals surface area contributed by atoms with Crippen molar-refractivity contribution in [1.29, 1.82) is 0 Å². The molecule has 1 saturated heterocycles. The maximum absolute atomic E-state index is 12.4. The highest BCUT2D eigenvalue weighted by Gasteiger charge is 2.64. The lowest BCUT2D eigenvalue weighted by atomic mass is 9.45. The van der Waals surface area contributed by atoms with Crippen molar-refractivity contribution in [2.45, 2.75) is 90.3 Å². The Balaban J connectivity index is 1.17. The highest BCUT2D eigenvalue weighted by atomic mass is 16.5. The van der Waals surface area contributed by atoms with Crippen molar-refractivity contribution in [3.05, 3.63) is 30.6 Å². The number of carbonyl (C=O) groups is 1. The quantitative estimate of drug-likeness (QED) is 0.475. The number of ether oxygens (including phenoxy) is 2. The summed E-state index contributed by atoms with van der Waals surface area (Å²) in [6.07, 6.45) is 12.2. The summed E-state index contributed by atoms with van der Waals surface area (Å²) in [5.74, 6) is 2.81. The van der Waals surface area contributed by atoms with E-state index in [2.05, 4.69) is 47.6 Å². The molecule has 1 aromatic carbocycles. The van der Waals surface area contributed by atoms with E-state index < -0.39 is 0 Å². The minimum Gasteiger partial charge on any atom is -0.460 e. The van der Waals surface area contributed by atoms with Crippen LogP contribution in [0.1, 0.15) is 78.2 Å². The van der Waals surface area contributed by atoms with Gasteiger partial charge in [-0.15, -0.1) is 0 Å². The van der Waals surface area contributed by atoms with Gasteiger partial charge in [0.25, 0.3) is 0 Å². The van der Waals surface area contributed by atoms with Gasteiger partial charge in [-0.05, 0) is 92.6 Å². The van der Waals surface area contributed by atoms with Crippen LogP contribution in [0.4, 0.5) is 0 Å². The molecule has 6 heteroatoms. The highest BCUT2D eigenvalue weighted by Crippen LogP contribution is 2.68. The Morgan fingerprint density at radius 3 is 2.61 bits per heavy atom. The number of fused-ring (bicyclic) bond motifs is 6. The molecule has 2 aromatic rings. The molecule has 206 valence electrons. The third-order valence-corrected chi connectivity index (χ3v) is 12.3. The summed E-state index contributed by atoms with van der Waals surface area (Å²) in [7, 11) is 0. The van der Waals surface area contributed by atoms with Gasteiger partial charge < -0.3 is 14.0 Å². The minimum absolute atomic E-state index is 0.0249. The molecule has 0 amide bonds. The summed E-state index contributed by atoms with van der Waals surface area (Å²) in [5, 5.41) is 0. The van der Waals surface area contributed by atoms with Crippen LogP contribution in [-0.4, -0.2) is 58.9 Å². The van der Waals surface area contributed by atoms with E-state index in [-0.39, 0.29) is 23.5 Å². The van der Waals surface area contributed by atoms with E-state index in [1.807, 2.05) is 6.33 Å². The monoisotopic (exact) mass is 519 g/mol. The molecule has 9 atom stereocenters. The van der Waals surface area contributed by atoms with Gasteiger partial charge in [-0.3, -0.25) is 9.69 Å². The van der Waals surface area contributed by atoms with Crippen molar-refractivity contribution in [3.63, 3.8) is 0 Å². The van der Waals surface area contributed by atoms with Gasteiger partial charge in [0.15, 0.2) is 0 Å². The van der Waals surface area contributed by atoms with Crippen LogP contribution in [0.2, 0.25) is 0 Å². The molecule has 4 aliphatic carbocycles. The zero-order chi connectivity index (χ0) is 26.1. The van der Waals surface area contributed by atoms with Gasteiger partial charge in [0.2, 0.25) is 0 Å². The zero-order valence-electron chi connectivity index (χ0n) is 23.5. The molecule has 5 fully saturated rings. The molecule has 38 heavy (non-hydrogen) atoms. The van der Waals surface area contributed by atoms with Crippen LogP contribution in [-0.2, 0) is 14.3 Å². The second-order valence-corrected chi connectivity index (χ2v) is 13.8. The number of carbonyl (C=O) groups excluding carboxylic acids is 1. The van der Waals surface area contributed by atoms with E-state index in [0.717, 1.165) is 74.0 Å². The maximum Gasteiger partial charge on any atom is 0.302 e. The number of rotatable bonds is 3. The number of hydrogen-bond acceptors (Lipinski definition) is 5. The molecule has 0 spiro atoms. The fourth-order valence-electron chi connectivity index (χ4n) is 10.4. The van der Waals surface area contributed by atoms with Crippen LogP contribution in [0.3, 0.4) is 0 Å². The Kier molecular flexibility index (Phi) is 6.16. The van der Waals surface area contributed by atoms with Crippen molar-refractivity contribution < 1.29 is 14.3 Å². The normalized spacial score (nSPS) is 43.3. The van der Waals surface area contributed by atoms with E-state index >= 15 is 0 Å². The number of nitrogens with zero attached hydrogens (tertiary/aromatic N) is 3. The lowest BCUT2D eigenvalue weighted by Crippen LogP contribution is -2.56. The molecule has 0 radical (unpaired) electrons. The van der Waals surface area contributed by atoms with E-state index in [1.54, 1.807) is 6.92 Å². The van der Waals surface area contributed by atoms with Gasteiger partial charge in [-0.25, -0.2) is 4.98 Å². The van der Waals surface area contributed by atoms with Crippen LogP contribution in [0.25, 0.3) is 11.0 Å². The van der Waals surface area contributed by atoms with Crippen LogP contribution in [0.15, 0.2) is 30.6 Å². The average Bonchev–Trinajstić information content (AvgIpc) is 3.47. The van der Waals surface area contributed by atoms with Crippen molar-refractivity contribution >= 4 is 17.0 Å². The number of hydrogen-bond donors (Lipinski definition) is 0. The first-order valence-corrected chi connectivity index (χ1v) is 15.3. The largest absolute Gasteiger partial charge is 0.460 e. The first-order chi connectivity index (χ1) is 18.4. The topological polar surface area (TPSA) is 56.6 Å². The summed E-state index contributed by atoms with van der Waals surface area (Å²) in [4.78, 5) is 19.9. The summed E-state index contributed by atoms with van der Waals surface area (Å²) in [5.41, 5.74) is 2.66. The highest BCUT2D eigenvalue weighted by molar-refractivity contribution is 5.75. The van der Waals surface area contributed by atoms with Crippen molar-refractivity contribution in [3.8, 4) is 0 Å². The molecule has 6 nitrogen and oxygen atoms in total. The summed E-state index contributed by atoms with van der Waals surface area (Å²) >= 11 is 0. The second-order valence-electron chi connectivity index (χ2n) is 13.8. The van der Waals surface area contributed by atoms with E-state index in [4.69, 9.17) is 14.5 Å². The second kappa shape index (κ2) is 9.33. The summed E-state index contributed by atoms with van der Waals surface area (Å²) < 4.78 is 14.2. The number of esters is 1. The lowest BCUT2D eigenvalue weighted by Gasteiger charge is -2.61. The van der Waals surface area contributed by atoms with Gasteiger partial charge in [0.05, 0.1) is 36.6 Å².